The van der Waals surface area contributed by atoms with Gasteiger partial charge in [0.05, 0.1) is 6.54 Å². The minimum Gasteiger partial charge on any atom is -0.508 e. The second-order valence-electron chi connectivity index (χ2n) is 8.39. The van der Waals surface area contributed by atoms with Crippen LogP contribution in [0.4, 0.5) is 0 Å². The summed E-state index contributed by atoms with van der Waals surface area (Å²) in [6.45, 7) is 0.978. The zero-order chi connectivity index (χ0) is 26.2. The number of hydrogen-bond donors (Lipinski definition) is 7. The lowest BCUT2D eigenvalue weighted by Gasteiger charge is -2.24. The van der Waals surface area contributed by atoms with Crippen LogP contribution >= 0.6 is 0 Å². The molecule has 3 atom stereocenters. The molecule has 0 aliphatic carbocycles. The van der Waals surface area contributed by atoms with Gasteiger partial charge in [-0.05, 0) is 36.2 Å². The molecule has 190 valence electrons. The number of H-pyrrole nitrogens is 1. The second kappa shape index (κ2) is 11.8. The summed E-state index contributed by atoms with van der Waals surface area (Å²) in [5, 5.41) is 27.2. The molecular weight excluding hydrogens is 466 g/mol. The van der Waals surface area contributed by atoms with Crippen molar-refractivity contribution in [3.63, 3.8) is 0 Å². The maximum Gasteiger partial charge on any atom is 0.325 e. The average molecular weight is 496 g/mol. The van der Waals surface area contributed by atoms with Crippen LogP contribution in [0.3, 0.4) is 0 Å². The number of nitrogens with two attached hydrogens (primary N) is 1. The highest BCUT2D eigenvalue weighted by Gasteiger charge is 2.29. The summed E-state index contributed by atoms with van der Waals surface area (Å²) >= 11 is 0. The summed E-state index contributed by atoms with van der Waals surface area (Å²) in [7, 11) is 0. The van der Waals surface area contributed by atoms with Crippen LogP contribution in [-0.2, 0) is 32.0 Å². The third-order valence-electron chi connectivity index (χ3n) is 5.67. The molecule has 0 saturated carbocycles. The highest BCUT2D eigenvalue weighted by Crippen LogP contribution is 2.19. The van der Waals surface area contributed by atoms with Gasteiger partial charge in [-0.25, -0.2) is 0 Å². The van der Waals surface area contributed by atoms with E-state index in [1.807, 2.05) is 24.3 Å². The van der Waals surface area contributed by atoms with Crippen molar-refractivity contribution < 1.29 is 29.4 Å². The molecule has 3 rings (SSSR count). The molecular formula is C25H29N5O6. The summed E-state index contributed by atoms with van der Waals surface area (Å²) in [5.74, 6) is -3.09. The van der Waals surface area contributed by atoms with Gasteiger partial charge in [-0.3, -0.25) is 19.2 Å². The molecule has 8 N–H and O–H groups in total. The quantitative estimate of drug-likeness (QED) is 0.198. The topological polar surface area (TPSA) is 187 Å². The number of para-hydroxylation sites is 1. The lowest BCUT2D eigenvalue weighted by Crippen LogP contribution is -2.57. The van der Waals surface area contributed by atoms with Crippen LogP contribution in [0.25, 0.3) is 10.9 Å². The van der Waals surface area contributed by atoms with Crippen molar-refractivity contribution in [3.05, 3.63) is 65.9 Å². The number of benzene rings is 2. The van der Waals surface area contributed by atoms with Crippen LogP contribution in [0.15, 0.2) is 54.7 Å². The Morgan fingerprint density at radius 2 is 1.56 bits per heavy atom. The second-order valence-corrected chi connectivity index (χ2v) is 8.39. The van der Waals surface area contributed by atoms with E-state index < -0.39 is 41.8 Å². The number of aromatic nitrogens is 1. The van der Waals surface area contributed by atoms with E-state index in [4.69, 9.17) is 10.8 Å². The molecule has 3 unspecified atom stereocenters. The van der Waals surface area contributed by atoms with Gasteiger partial charge in [-0.15, -0.1) is 0 Å². The Morgan fingerprint density at radius 1 is 0.917 bits per heavy atom. The van der Waals surface area contributed by atoms with Gasteiger partial charge in [0.15, 0.2) is 0 Å². The first-order valence-corrected chi connectivity index (χ1v) is 11.3. The number of amides is 3. The van der Waals surface area contributed by atoms with Gasteiger partial charge >= 0.3 is 5.97 Å². The van der Waals surface area contributed by atoms with Gasteiger partial charge < -0.3 is 36.9 Å². The minimum absolute atomic E-state index is 0.0227. The van der Waals surface area contributed by atoms with Gasteiger partial charge in [0.25, 0.3) is 0 Å². The molecule has 0 aliphatic rings. The van der Waals surface area contributed by atoms with Crippen LogP contribution in [0.2, 0.25) is 0 Å². The predicted octanol–water partition coefficient (Wildman–Crippen LogP) is 0.176. The van der Waals surface area contributed by atoms with E-state index in [-0.39, 0.29) is 25.1 Å². The monoisotopic (exact) mass is 495 g/mol. The number of phenolic OH excluding ortho intramolecular Hbond substituents is 1. The number of carbonyl (C=O) groups is 4. The highest BCUT2D eigenvalue weighted by molar-refractivity contribution is 5.94. The van der Waals surface area contributed by atoms with Gasteiger partial charge in [0.2, 0.25) is 17.7 Å². The first-order chi connectivity index (χ1) is 17.2. The smallest absolute Gasteiger partial charge is 0.325 e. The molecule has 2 aromatic carbocycles. The molecule has 0 bridgehead atoms. The summed E-state index contributed by atoms with van der Waals surface area (Å²) in [5.41, 5.74) is 7.71. The predicted molar refractivity (Wildman–Crippen MR) is 132 cm³/mol. The Kier molecular flexibility index (Phi) is 8.63. The Bertz CT molecular complexity index is 1240. The summed E-state index contributed by atoms with van der Waals surface area (Å²) < 4.78 is 0. The van der Waals surface area contributed by atoms with Crippen molar-refractivity contribution in [3.8, 4) is 5.75 Å². The molecule has 0 radical (unpaired) electrons. The molecule has 11 heteroatoms. The minimum atomic E-state index is -1.23. The Morgan fingerprint density at radius 3 is 2.22 bits per heavy atom. The standard InChI is InChI=1S/C25H29N5O6/c1-14(25(35)36)28-23(33)20(10-15-6-8-17(31)9-7-15)30-24(34)21(29-22(32)12-26)11-16-13-27-19-5-3-2-4-18(16)19/h2-9,13-14,20-21,27,31H,10-12,26H2,1H3,(H,28,33)(H,29,32)(H,30,34)(H,35,36). The summed E-state index contributed by atoms with van der Waals surface area (Å²) in [6.07, 6.45) is 1.89. The van der Waals surface area contributed by atoms with E-state index in [1.165, 1.54) is 19.1 Å². The number of carboxylic acid groups (broad SMARTS) is 1. The Hall–Kier alpha value is -4.38. The van der Waals surface area contributed by atoms with Crippen molar-refractivity contribution >= 4 is 34.6 Å². The van der Waals surface area contributed by atoms with Crippen molar-refractivity contribution in [2.75, 3.05) is 6.54 Å². The molecule has 1 heterocycles. The number of phenols is 1. The average Bonchev–Trinajstić information content (AvgIpc) is 3.27. The number of carbonyl (C=O) groups excluding carboxylic acids is 3. The molecule has 0 aliphatic heterocycles. The molecule has 3 aromatic rings. The third kappa shape index (κ3) is 6.83. The largest absolute Gasteiger partial charge is 0.508 e. The lowest BCUT2D eigenvalue weighted by molar-refractivity contribution is -0.141. The normalized spacial score (nSPS) is 13.4. The number of fused-ring (bicyclic) bond motifs is 1. The highest BCUT2D eigenvalue weighted by atomic mass is 16.4. The molecule has 11 nitrogen and oxygen atoms in total. The molecule has 3 amide bonds. The van der Waals surface area contributed by atoms with Crippen LogP contribution in [0.5, 0.6) is 5.75 Å². The van der Waals surface area contributed by atoms with Crippen LogP contribution in [0, 0.1) is 0 Å². The van der Waals surface area contributed by atoms with E-state index in [0.29, 0.717) is 5.56 Å². The number of aromatic hydroxyl groups is 1. The lowest BCUT2D eigenvalue weighted by atomic mass is 10.0. The van der Waals surface area contributed by atoms with Crippen molar-refractivity contribution in [2.24, 2.45) is 5.73 Å². The van der Waals surface area contributed by atoms with E-state index in [1.54, 1.807) is 18.3 Å². The molecule has 0 saturated heterocycles. The maximum atomic E-state index is 13.3. The van der Waals surface area contributed by atoms with Gasteiger partial charge in [0.1, 0.15) is 23.9 Å². The van der Waals surface area contributed by atoms with E-state index in [9.17, 15) is 24.3 Å². The molecule has 1 aromatic heterocycles. The first kappa shape index (κ1) is 26.2. The number of hydrogen-bond acceptors (Lipinski definition) is 6. The van der Waals surface area contributed by atoms with Crippen LogP contribution in [0.1, 0.15) is 18.1 Å². The van der Waals surface area contributed by atoms with Crippen LogP contribution < -0.4 is 21.7 Å². The van der Waals surface area contributed by atoms with Crippen LogP contribution in [-0.4, -0.2) is 63.6 Å². The maximum absolute atomic E-state index is 13.3. The van der Waals surface area contributed by atoms with Crippen molar-refractivity contribution in [2.45, 2.75) is 37.9 Å². The summed E-state index contributed by atoms with van der Waals surface area (Å²) in [6, 6.07) is 10.2. The zero-order valence-electron chi connectivity index (χ0n) is 19.7. The van der Waals surface area contributed by atoms with E-state index in [2.05, 4.69) is 20.9 Å². The van der Waals surface area contributed by atoms with E-state index in [0.717, 1.165) is 16.5 Å². The summed E-state index contributed by atoms with van der Waals surface area (Å²) in [4.78, 5) is 52.7. The fourth-order valence-electron chi connectivity index (χ4n) is 3.71. The zero-order valence-corrected chi connectivity index (χ0v) is 19.7. The SMILES string of the molecule is CC(NC(=O)C(Cc1ccc(O)cc1)NC(=O)C(Cc1c[nH]c2ccccc12)NC(=O)CN)C(=O)O. The molecule has 36 heavy (non-hydrogen) atoms. The van der Waals surface area contributed by atoms with E-state index >= 15 is 0 Å². The first-order valence-electron chi connectivity index (χ1n) is 11.3. The number of carboxylic acids is 1. The number of rotatable bonds is 11. The van der Waals surface area contributed by atoms with Gasteiger partial charge in [0, 0.05) is 29.9 Å². The number of aliphatic carboxylic acids is 1. The Balaban J connectivity index is 1.84. The number of nitrogens with one attached hydrogen (secondary N) is 4. The number of aromatic amines is 1. The Labute approximate surface area is 207 Å². The molecule has 0 fully saturated rings. The van der Waals surface area contributed by atoms with Crippen molar-refractivity contribution in [1.29, 1.82) is 0 Å². The fraction of sp³-hybridized carbons (Fsp3) is 0.280. The third-order valence-corrected chi connectivity index (χ3v) is 5.67. The van der Waals surface area contributed by atoms with Crippen molar-refractivity contribution in [1.82, 2.24) is 20.9 Å². The van der Waals surface area contributed by atoms with Gasteiger partial charge in [-0.2, -0.15) is 0 Å². The molecule has 0 spiro atoms. The fourth-order valence-corrected chi connectivity index (χ4v) is 3.71. The van der Waals surface area contributed by atoms with Gasteiger partial charge in [-0.1, -0.05) is 30.3 Å².